The Kier molecular flexibility index (Phi) is 5.96. The molecule has 5 aliphatic rings. The fraction of sp³-hybridized carbons (Fsp3) is 0.708. The van der Waals surface area contributed by atoms with Crippen LogP contribution in [0.25, 0.3) is 0 Å². The van der Waals surface area contributed by atoms with Crippen molar-refractivity contribution in [2.45, 2.75) is 44.1 Å². The molecule has 1 saturated heterocycles. The number of benzene rings is 1. The predicted molar refractivity (Wildman–Crippen MR) is 119 cm³/mol. The van der Waals surface area contributed by atoms with Crippen molar-refractivity contribution in [3.05, 3.63) is 29.3 Å². The molecule has 4 bridgehead atoms. The highest BCUT2D eigenvalue weighted by Gasteiger charge is 2.51. The molecule has 1 heterocycles. The Morgan fingerprint density at radius 1 is 1.00 bits per heavy atom. The van der Waals surface area contributed by atoms with Gasteiger partial charge in [0.2, 0.25) is 5.91 Å². The van der Waals surface area contributed by atoms with Crippen LogP contribution in [0.4, 0.5) is 0 Å². The number of nitrogens with zero attached hydrogens (tertiary/aromatic N) is 2. The molecular weight excluding hydrogens is 398 g/mol. The lowest BCUT2D eigenvalue weighted by Gasteiger charge is -2.57. The van der Waals surface area contributed by atoms with Crippen molar-refractivity contribution < 1.29 is 9.53 Å². The van der Waals surface area contributed by atoms with Gasteiger partial charge in [0.05, 0.1) is 11.6 Å². The minimum absolute atomic E-state index is 0.129. The molecule has 5 nitrogen and oxygen atoms in total. The average Bonchev–Trinajstić information content (AvgIpc) is 2.69. The smallest absolute Gasteiger partial charge is 0.234 e. The molecule has 4 aliphatic carbocycles. The maximum Gasteiger partial charge on any atom is 0.234 e. The van der Waals surface area contributed by atoms with Gasteiger partial charge < -0.3 is 10.1 Å². The van der Waals surface area contributed by atoms with Crippen LogP contribution in [0.15, 0.2) is 24.3 Å². The van der Waals surface area contributed by atoms with E-state index < -0.39 is 0 Å². The fourth-order valence-corrected chi connectivity index (χ4v) is 7.01. The molecule has 0 unspecified atom stereocenters. The normalized spacial score (nSPS) is 33.6. The maximum absolute atomic E-state index is 12.8. The van der Waals surface area contributed by atoms with Gasteiger partial charge in [-0.05, 0) is 68.4 Å². The van der Waals surface area contributed by atoms with Gasteiger partial charge in [0, 0.05) is 38.3 Å². The van der Waals surface area contributed by atoms with Gasteiger partial charge in [-0.25, -0.2) is 0 Å². The van der Waals surface area contributed by atoms with Crippen LogP contribution in [-0.4, -0.2) is 67.1 Å². The molecule has 1 aromatic carbocycles. The van der Waals surface area contributed by atoms with Crippen molar-refractivity contribution >= 4 is 17.5 Å². The third-order valence-electron chi connectivity index (χ3n) is 7.78. The molecular formula is C24H34ClN3O2. The molecule has 5 fully saturated rings. The van der Waals surface area contributed by atoms with Crippen LogP contribution in [-0.2, 0) is 4.79 Å². The van der Waals surface area contributed by atoms with Crippen molar-refractivity contribution in [3.8, 4) is 5.75 Å². The lowest BCUT2D eigenvalue weighted by molar-refractivity contribution is -0.128. The molecule has 1 aromatic rings. The highest BCUT2D eigenvalue weighted by Crippen LogP contribution is 2.55. The second kappa shape index (κ2) is 8.68. The molecule has 164 valence electrons. The van der Waals surface area contributed by atoms with E-state index in [2.05, 4.69) is 15.1 Å². The molecule has 30 heavy (non-hydrogen) atoms. The van der Waals surface area contributed by atoms with Crippen LogP contribution in [0.1, 0.15) is 38.5 Å². The molecule has 1 N–H and O–H groups in total. The van der Waals surface area contributed by atoms with Crippen LogP contribution >= 0.6 is 11.6 Å². The summed E-state index contributed by atoms with van der Waals surface area (Å²) >= 11 is 6.14. The number of ether oxygens (including phenoxy) is 1. The first-order valence-electron chi connectivity index (χ1n) is 11.7. The Morgan fingerprint density at radius 3 is 2.23 bits per heavy atom. The minimum atomic E-state index is 0.129. The molecule has 1 aliphatic heterocycles. The van der Waals surface area contributed by atoms with Crippen LogP contribution in [0.2, 0.25) is 5.02 Å². The number of nitrogens with one attached hydrogen (secondary N) is 1. The first-order valence-corrected chi connectivity index (χ1v) is 12.1. The second-order valence-electron chi connectivity index (χ2n) is 10.1. The Balaban J connectivity index is 1.03. The summed E-state index contributed by atoms with van der Waals surface area (Å²) in [6.45, 7) is 5.92. The topological polar surface area (TPSA) is 44.8 Å². The van der Waals surface area contributed by atoms with Gasteiger partial charge in [-0.2, -0.15) is 0 Å². The summed E-state index contributed by atoms with van der Waals surface area (Å²) in [5.41, 5.74) is 0.129. The number of halogens is 1. The van der Waals surface area contributed by atoms with E-state index >= 15 is 0 Å². The SMILES string of the molecule is O=C(CN1CCN(CCOc2ccccc2Cl)CC1)NC12CC3CC(CC(C3)C1)C2. The third-order valence-corrected chi connectivity index (χ3v) is 8.09. The molecule has 4 saturated carbocycles. The van der Waals surface area contributed by atoms with Crippen molar-refractivity contribution in [2.75, 3.05) is 45.9 Å². The van der Waals surface area contributed by atoms with E-state index in [9.17, 15) is 4.79 Å². The van der Waals surface area contributed by atoms with E-state index in [0.29, 0.717) is 18.2 Å². The monoisotopic (exact) mass is 431 g/mol. The van der Waals surface area contributed by atoms with Gasteiger partial charge in [-0.3, -0.25) is 14.6 Å². The Morgan fingerprint density at radius 2 is 1.60 bits per heavy atom. The van der Waals surface area contributed by atoms with Gasteiger partial charge in [-0.15, -0.1) is 0 Å². The van der Waals surface area contributed by atoms with Gasteiger partial charge in [0.15, 0.2) is 0 Å². The second-order valence-corrected chi connectivity index (χ2v) is 10.5. The van der Waals surface area contributed by atoms with Crippen LogP contribution in [0.5, 0.6) is 5.75 Å². The summed E-state index contributed by atoms with van der Waals surface area (Å²) in [6.07, 6.45) is 7.92. The van der Waals surface area contributed by atoms with Gasteiger partial charge in [0.25, 0.3) is 0 Å². The summed E-state index contributed by atoms with van der Waals surface area (Å²) < 4.78 is 5.81. The molecule has 0 spiro atoms. The molecule has 0 aromatic heterocycles. The first kappa shape index (κ1) is 20.6. The van der Waals surface area contributed by atoms with Crippen molar-refractivity contribution in [2.24, 2.45) is 17.8 Å². The van der Waals surface area contributed by atoms with Crippen molar-refractivity contribution in [1.29, 1.82) is 0 Å². The summed E-state index contributed by atoms with van der Waals surface area (Å²) in [6, 6.07) is 7.61. The summed E-state index contributed by atoms with van der Waals surface area (Å²) in [4.78, 5) is 17.6. The van der Waals surface area contributed by atoms with Crippen molar-refractivity contribution in [3.63, 3.8) is 0 Å². The zero-order chi connectivity index (χ0) is 20.6. The Hall–Kier alpha value is -1.30. The van der Waals surface area contributed by atoms with Crippen LogP contribution in [0.3, 0.4) is 0 Å². The quantitative estimate of drug-likeness (QED) is 0.718. The summed E-state index contributed by atoms with van der Waals surface area (Å²) in [5.74, 6) is 3.60. The average molecular weight is 432 g/mol. The minimum Gasteiger partial charge on any atom is -0.491 e. The highest BCUT2D eigenvalue weighted by atomic mass is 35.5. The van der Waals surface area contributed by atoms with E-state index in [0.717, 1.165) is 56.2 Å². The summed E-state index contributed by atoms with van der Waals surface area (Å²) in [5, 5.41) is 4.17. The highest BCUT2D eigenvalue weighted by molar-refractivity contribution is 6.32. The predicted octanol–water partition coefficient (Wildman–Crippen LogP) is 3.42. The van der Waals surface area contributed by atoms with Crippen LogP contribution in [0, 0.1) is 17.8 Å². The Labute approximate surface area is 185 Å². The molecule has 0 radical (unpaired) electrons. The van der Waals surface area contributed by atoms with Crippen LogP contribution < -0.4 is 10.1 Å². The van der Waals surface area contributed by atoms with Crippen molar-refractivity contribution in [1.82, 2.24) is 15.1 Å². The van der Waals surface area contributed by atoms with E-state index in [1.54, 1.807) is 0 Å². The van der Waals surface area contributed by atoms with E-state index in [1.807, 2.05) is 24.3 Å². The largest absolute Gasteiger partial charge is 0.491 e. The molecule has 6 heteroatoms. The number of para-hydroxylation sites is 1. The fourth-order valence-electron chi connectivity index (χ4n) is 6.82. The number of hydrogen-bond acceptors (Lipinski definition) is 4. The zero-order valence-corrected chi connectivity index (χ0v) is 18.6. The number of rotatable bonds is 7. The standard InChI is InChI=1S/C24H34ClN3O2/c25-21-3-1-2-4-22(21)30-10-9-27-5-7-28(8-6-27)17-23(29)26-24-14-18-11-19(15-24)13-20(12-18)16-24/h1-4,18-20H,5-17H2,(H,26,29). The van der Waals surface area contributed by atoms with Gasteiger partial charge >= 0.3 is 0 Å². The van der Waals surface area contributed by atoms with Gasteiger partial charge in [-0.1, -0.05) is 23.7 Å². The number of amides is 1. The number of piperazine rings is 1. The molecule has 6 rings (SSSR count). The number of carbonyl (C=O) groups is 1. The van der Waals surface area contributed by atoms with E-state index in [1.165, 1.54) is 38.5 Å². The Bertz CT molecular complexity index is 727. The van der Waals surface area contributed by atoms with E-state index in [-0.39, 0.29) is 11.4 Å². The third kappa shape index (κ3) is 4.63. The lowest BCUT2D eigenvalue weighted by Crippen LogP contribution is -2.61. The number of carbonyl (C=O) groups excluding carboxylic acids is 1. The lowest BCUT2D eigenvalue weighted by atomic mass is 9.53. The molecule has 1 amide bonds. The maximum atomic E-state index is 12.8. The first-order chi connectivity index (χ1) is 14.6. The van der Waals surface area contributed by atoms with E-state index in [4.69, 9.17) is 16.3 Å². The summed E-state index contributed by atoms with van der Waals surface area (Å²) in [7, 11) is 0. The number of hydrogen-bond donors (Lipinski definition) is 1. The van der Waals surface area contributed by atoms with Gasteiger partial charge in [0.1, 0.15) is 12.4 Å². The zero-order valence-electron chi connectivity index (χ0n) is 17.8. The molecule has 0 atom stereocenters.